The highest BCUT2D eigenvalue weighted by atomic mass is 32.2. The van der Waals surface area contributed by atoms with Crippen molar-refractivity contribution in [3.63, 3.8) is 0 Å². The van der Waals surface area contributed by atoms with Crippen molar-refractivity contribution in [2.45, 2.75) is 24.7 Å². The third kappa shape index (κ3) is 4.31. The number of aromatic nitrogens is 2. The molecule has 0 saturated heterocycles. The zero-order valence-electron chi connectivity index (χ0n) is 13.2. The van der Waals surface area contributed by atoms with Crippen molar-refractivity contribution in [1.29, 1.82) is 0 Å². The molecule has 0 radical (unpaired) electrons. The third-order valence-electron chi connectivity index (χ3n) is 3.06. The first-order chi connectivity index (χ1) is 10.8. The fourth-order valence-electron chi connectivity index (χ4n) is 2.01. The van der Waals surface area contributed by atoms with Crippen LogP contribution in [0.25, 0.3) is 11.3 Å². The molecule has 0 aliphatic heterocycles. The smallest absolute Gasteiger partial charge is 0.278 e. The summed E-state index contributed by atoms with van der Waals surface area (Å²) in [5.74, 6) is -2.01. The van der Waals surface area contributed by atoms with Crippen molar-refractivity contribution in [1.82, 2.24) is 9.55 Å². The van der Waals surface area contributed by atoms with Gasteiger partial charge in [-0.3, -0.25) is 14.3 Å². The molecule has 4 nitrogen and oxygen atoms in total. The van der Waals surface area contributed by atoms with E-state index in [1.54, 1.807) is 24.0 Å². The molecule has 0 fully saturated rings. The lowest BCUT2D eigenvalue weighted by Gasteiger charge is -2.15. The van der Waals surface area contributed by atoms with Gasteiger partial charge in [-0.2, -0.15) is 0 Å². The Morgan fingerprint density at radius 3 is 2.74 bits per heavy atom. The van der Waals surface area contributed by atoms with Gasteiger partial charge >= 0.3 is 0 Å². The van der Waals surface area contributed by atoms with E-state index in [0.29, 0.717) is 11.3 Å². The summed E-state index contributed by atoms with van der Waals surface area (Å²) in [6.07, 6.45) is 1.62. The average Bonchev–Trinajstić information content (AvgIpc) is 2.49. The molecule has 0 aromatic carbocycles. The van der Waals surface area contributed by atoms with Crippen molar-refractivity contribution < 1.29 is 13.5 Å². The molecule has 0 spiro atoms. The lowest BCUT2D eigenvalue weighted by Crippen LogP contribution is -2.26. The topological polar surface area (TPSA) is 44.1 Å². The van der Waals surface area contributed by atoms with Gasteiger partial charge in [0.25, 0.3) is 11.5 Å². The van der Waals surface area contributed by atoms with Crippen LogP contribution >= 0.6 is 11.8 Å². The maximum Gasteiger partial charge on any atom is 0.278 e. The molecule has 2 aromatic heterocycles. The van der Waals surface area contributed by atoms with Gasteiger partial charge in [0.05, 0.1) is 11.3 Å². The van der Waals surface area contributed by atoms with Gasteiger partial charge in [0, 0.05) is 25.1 Å². The Morgan fingerprint density at radius 1 is 1.35 bits per heavy atom. The van der Waals surface area contributed by atoms with E-state index >= 15 is 0 Å². The summed E-state index contributed by atoms with van der Waals surface area (Å²) < 4.78 is 32.1. The largest absolute Gasteiger partial charge is 0.472 e. The van der Waals surface area contributed by atoms with E-state index in [2.05, 4.69) is 4.98 Å². The van der Waals surface area contributed by atoms with Crippen LogP contribution < -0.4 is 10.3 Å². The summed E-state index contributed by atoms with van der Waals surface area (Å²) in [4.78, 5) is 17.7. The van der Waals surface area contributed by atoms with Crippen molar-refractivity contribution in [3.05, 3.63) is 40.8 Å². The van der Waals surface area contributed by atoms with Crippen LogP contribution in [0.2, 0.25) is 0 Å². The highest BCUT2D eigenvalue weighted by molar-refractivity contribution is 7.99. The second-order valence-corrected chi connectivity index (χ2v) is 6.40. The molecular weight excluding hydrogens is 322 g/mol. The molecule has 0 amide bonds. The summed E-state index contributed by atoms with van der Waals surface area (Å²) in [6.45, 7) is 2.00. The Bertz CT molecular complexity index is 742. The lowest BCUT2D eigenvalue weighted by atomic mass is 10.2. The van der Waals surface area contributed by atoms with Gasteiger partial charge in [-0.15, -0.1) is 11.8 Å². The van der Waals surface area contributed by atoms with Crippen LogP contribution in [0.3, 0.4) is 0 Å². The SMILES string of the molecule is CCSc1cccnc1-c1ccc(OCC(C)(F)F)n(C)c1=O. The zero-order chi connectivity index (χ0) is 17.0. The first-order valence-corrected chi connectivity index (χ1v) is 8.11. The zero-order valence-corrected chi connectivity index (χ0v) is 14.0. The lowest BCUT2D eigenvalue weighted by molar-refractivity contribution is -0.0252. The minimum atomic E-state index is -2.96. The molecule has 0 aliphatic carbocycles. The number of pyridine rings is 2. The van der Waals surface area contributed by atoms with Gasteiger partial charge in [-0.25, -0.2) is 8.78 Å². The quantitative estimate of drug-likeness (QED) is 0.754. The first-order valence-electron chi connectivity index (χ1n) is 7.12. The molecule has 0 atom stereocenters. The Hall–Kier alpha value is -1.89. The van der Waals surface area contributed by atoms with E-state index in [0.717, 1.165) is 17.6 Å². The summed E-state index contributed by atoms with van der Waals surface area (Å²) in [5, 5.41) is 0. The van der Waals surface area contributed by atoms with Crippen molar-refractivity contribution in [3.8, 4) is 17.1 Å². The second-order valence-electron chi connectivity index (χ2n) is 5.09. The predicted octanol–water partition coefficient (Wildman–Crippen LogP) is 3.59. The van der Waals surface area contributed by atoms with Crippen molar-refractivity contribution in [2.75, 3.05) is 12.4 Å². The molecule has 0 saturated carbocycles. The van der Waals surface area contributed by atoms with E-state index < -0.39 is 12.5 Å². The third-order valence-corrected chi connectivity index (χ3v) is 3.99. The van der Waals surface area contributed by atoms with Crippen LogP contribution in [-0.2, 0) is 7.05 Å². The van der Waals surface area contributed by atoms with Gasteiger partial charge in [0.15, 0.2) is 12.5 Å². The van der Waals surface area contributed by atoms with E-state index in [4.69, 9.17) is 4.74 Å². The van der Waals surface area contributed by atoms with Crippen LogP contribution in [0, 0.1) is 0 Å². The van der Waals surface area contributed by atoms with E-state index in [1.807, 2.05) is 19.1 Å². The molecule has 7 heteroatoms. The number of hydrogen-bond acceptors (Lipinski definition) is 4. The summed E-state index contributed by atoms with van der Waals surface area (Å²) in [7, 11) is 1.49. The van der Waals surface area contributed by atoms with E-state index in [-0.39, 0.29) is 11.4 Å². The van der Waals surface area contributed by atoms with Gasteiger partial charge in [-0.05, 0) is 30.0 Å². The number of rotatable bonds is 6. The Balaban J connectivity index is 2.40. The molecule has 0 aliphatic rings. The van der Waals surface area contributed by atoms with Gasteiger partial charge in [-0.1, -0.05) is 6.92 Å². The maximum absolute atomic E-state index is 12.9. The highest BCUT2D eigenvalue weighted by Gasteiger charge is 2.23. The number of hydrogen-bond donors (Lipinski definition) is 0. The fraction of sp³-hybridized carbons (Fsp3) is 0.375. The van der Waals surface area contributed by atoms with Crippen molar-refractivity contribution in [2.24, 2.45) is 7.05 Å². The Labute approximate surface area is 137 Å². The maximum atomic E-state index is 12.9. The van der Waals surface area contributed by atoms with Crippen LogP contribution in [0.15, 0.2) is 40.2 Å². The van der Waals surface area contributed by atoms with Gasteiger partial charge in [0.2, 0.25) is 0 Å². The molecule has 124 valence electrons. The number of alkyl halides is 2. The molecule has 0 unspecified atom stereocenters. The molecule has 23 heavy (non-hydrogen) atoms. The van der Waals surface area contributed by atoms with Gasteiger partial charge in [0.1, 0.15) is 0 Å². The fourth-order valence-corrected chi connectivity index (χ4v) is 2.79. The molecule has 2 rings (SSSR count). The molecule has 2 aromatic rings. The van der Waals surface area contributed by atoms with Crippen LogP contribution in [-0.4, -0.2) is 27.8 Å². The number of halogens is 2. The monoisotopic (exact) mass is 340 g/mol. The standard InChI is InChI=1S/C16H18F2N2O2S/c1-4-23-12-6-5-9-19-14(12)11-7-8-13(20(3)15(11)21)22-10-16(2,17)18/h5-9H,4,10H2,1-3H3. The second kappa shape index (κ2) is 7.12. The van der Waals surface area contributed by atoms with Crippen LogP contribution in [0.5, 0.6) is 5.88 Å². The van der Waals surface area contributed by atoms with Crippen molar-refractivity contribution >= 4 is 11.8 Å². The number of nitrogens with zero attached hydrogens (tertiary/aromatic N) is 2. The molecule has 2 heterocycles. The Kier molecular flexibility index (Phi) is 5.41. The summed E-state index contributed by atoms with van der Waals surface area (Å²) in [6, 6.07) is 6.79. The predicted molar refractivity (Wildman–Crippen MR) is 87.4 cm³/mol. The first kappa shape index (κ1) is 17.5. The summed E-state index contributed by atoms with van der Waals surface area (Å²) in [5.41, 5.74) is 0.672. The van der Waals surface area contributed by atoms with E-state index in [1.165, 1.54) is 17.7 Å². The van der Waals surface area contributed by atoms with E-state index in [9.17, 15) is 13.6 Å². The van der Waals surface area contributed by atoms with Crippen LogP contribution in [0.4, 0.5) is 8.78 Å². The molecule has 0 N–H and O–H groups in total. The van der Waals surface area contributed by atoms with Gasteiger partial charge < -0.3 is 4.74 Å². The average molecular weight is 340 g/mol. The minimum Gasteiger partial charge on any atom is -0.472 e. The number of thioether (sulfide) groups is 1. The minimum absolute atomic E-state index is 0.0981. The van der Waals surface area contributed by atoms with Crippen LogP contribution in [0.1, 0.15) is 13.8 Å². The molecule has 0 bridgehead atoms. The Morgan fingerprint density at radius 2 is 2.09 bits per heavy atom. The normalized spacial score (nSPS) is 11.5. The summed E-state index contributed by atoms with van der Waals surface area (Å²) >= 11 is 1.59. The highest BCUT2D eigenvalue weighted by Crippen LogP contribution is 2.28. The number of ether oxygens (including phenoxy) is 1. The molecular formula is C16H18F2N2O2S.